The second-order valence-corrected chi connectivity index (χ2v) is 6.91. The highest BCUT2D eigenvalue weighted by molar-refractivity contribution is 6.30. The van der Waals surface area contributed by atoms with E-state index in [9.17, 15) is 14.4 Å². The minimum absolute atomic E-state index is 0.0710. The van der Waals surface area contributed by atoms with Crippen LogP contribution in [0.4, 0.5) is 0 Å². The van der Waals surface area contributed by atoms with E-state index in [0.717, 1.165) is 12.8 Å². The molecule has 0 saturated heterocycles. The van der Waals surface area contributed by atoms with E-state index in [2.05, 4.69) is 5.32 Å². The van der Waals surface area contributed by atoms with Crippen molar-refractivity contribution in [2.24, 2.45) is 0 Å². The molecule has 0 aliphatic heterocycles. The number of unbranched alkanes of at least 4 members (excludes halogenated alkanes) is 1. The first-order valence-corrected chi connectivity index (χ1v) is 9.79. The van der Waals surface area contributed by atoms with Crippen molar-refractivity contribution in [2.75, 3.05) is 13.2 Å². The number of fused-ring (bicyclic) bond motifs is 1. The molecule has 0 aliphatic rings. The summed E-state index contributed by atoms with van der Waals surface area (Å²) in [6.45, 7) is 2.17. The number of esters is 1. The molecular formula is C22H20ClNO6. The maximum Gasteiger partial charge on any atom is 0.349 e. The van der Waals surface area contributed by atoms with Gasteiger partial charge in [0, 0.05) is 23.0 Å². The number of carbonyl (C=O) groups is 2. The summed E-state index contributed by atoms with van der Waals surface area (Å²) < 4.78 is 15.8. The van der Waals surface area contributed by atoms with Crippen LogP contribution in [0.15, 0.2) is 57.7 Å². The zero-order chi connectivity index (χ0) is 21.5. The Bertz CT molecular complexity index is 1120. The number of halogens is 1. The van der Waals surface area contributed by atoms with Gasteiger partial charge in [-0.15, -0.1) is 0 Å². The second-order valence-electron chi connectivity index (χ2n) is 6.48. The van der Waals surface area contributed by atoms with Gasteiger partial charge in [-0.25, -0.2) is 9.59 Å². The van der Waals surface area contributed by atoms with Crippen molar-refractivity contribution in [1.29, 1.82) is 0 Å². The summed E-state index contributed by atoms with van der Waals surface area (Å²) in [5.41, 5.74) is -0.631. The number of hydrogen-bond donors (Lipinski definition) is 1. The summed E-state index contributed by atoms with van der Waals surface area (Å²) in [6, 6.07) is 12.6. The van der Waals surface area contributed by atoms with Crippen LogP contribution in [0.25, 0.3) is 11.0 Å². The quantitative estimate of drug-likeness (QED) is 0.252. The van der Waals surface area contributed by atoms with Gasteiger partial charge in [0.05, 0.1) is 0 Å². The summed E-state index contributed by atoms with van der Waals surface area (Å²) in [6.07, 6.45) is 1.75. The molecule has 30 heavy (non-hydrogen) atoms. The molecule has 1 aromatic heterocycles. The molecule has 3 rings (SSSR count). The largest absolute Gasteiger partial charge is 0.482 e. The first-order valence-electron chi connectivity index (χ1n) is 9.41. The van der Waals surface area contributed by atoms with Gasteiger partial charge in [0.1, 0.15) is 22.6 Å². The SMILES string of the molecule is CCCCNC(=O)c1cc2ccc(OC(=O)COc3cccc(Cl)c3)cc2oc1=O. The molecule has 0 aliphatic carbocycles. The third kappa shape index (κ3) is 5.61. The number of hydrogen-bond acceptors (Lipinski definition) is 6. The zero-order valence-corrected chi connectivity index (χ0v) is 17.0. The van der Waals surface area contributed by atoms with Crippen LogP contribution in [0, 0.1) is 0 Å². The fourth-order valence-electron chi connectivity index (χ4n) is 2.65. The van der Waals surface area contributed by atoms with Gasteiger partial charge in [0.15, 0.2) is 6.61 Å². The van der Waals surface area contributed by atoms with Crippen LogP contribution in [-0.4, -0.2) is 25.0 Å². The minimum Gasteiger partial charge on any atom is -0.482 e. The topological polar surface area (TPSA) is 94.8 Å². The van der Waals surface area contributed by atoms with Crippen molar-refractivity contribution in [3.63, 3.8) is 0 Å². The molecule has 0 radical (unpaired) electrons. The molecule has 1 heterocycles. The lowest BCUT2D eigenvalue weighted by molar-refractivity contribution is -0.136. The van der Waals surface area contributed by atoms with Crippen molar-refractivity contribution in [2.45, 2.75) is 19.8 Å². The van der Waals surface area contributed by atoms with Gasteiger partial charge in [0.2, 0.25) is 0 Å². The maximum absolute atomic E-state index is 12.2. The summed E-state index contributed by atoms with van der Waals surface area (Å²) in [7, 11) is 0. The van der Waals surface area contributed by atoms with Crippen molar-refractivity contribution in [3.8, 4) is 11.5 Å². The zero-order valence-electron chi connectivity index (χ0n) is 16.3. The van der Waals surface area contributed by atoms with Gasteiger partial charge < -0.3 is 19.2 Å². The number of amides is 1. The molecule has 1 N–H and O–H groups in total. The normalized spacial score (nSPS) is 10.6. The second kappa shape index (κ2) is 9.93. The molecule has 156 valence electrons. The van der Waals surface area contributed by atoms with Crippen molar-refractivity contribution in [1.82, 2.24) is 5.32 Å². The van der Waals surface area contributed by atoms with Crippen LogP contribution in [-0.2, 0) is 4.79 Å². The predicted molar refractivity (Wildman–Crippen MR) is 112 cm³/mol. The Morgan fingerprint density at radius 1 is 1.10 bits per heavy atom. The fraction of sp³-hybridized carbons (Fsp3) is 0.227. The Morgan fingerprint density at radius 3 is 2.70 bits per heavy atom. The lowest BCUT2D eigenvalue weighted by Crippen LogP contribution is -2.28. The number of nitrogens with one attached hydrogen (secondary N) is 1. The standard InChI is InChI=1S/C22H20ClNO6/c1-2-3-9-24-21(26)18-10-14-7-8-17(12-19(14)30-22(18)27)29-20(25)13-28-16-6-4-5-15(23)11-16/h4-8,10-12H,2-3,9,13H2,1H3,(H,24,26). The van der Waals surface area contributed by atoms with Crippen LogP contribution in [0.5, 0.6) is 11.5 Å². The molecule has 0 spiro atoms. The Morgan fingerprint density at radius 2 is 1.93 bits per heavy atom. The van der Waals surface area contributed by atoms with Crippen LogP contribution >= 0.6 is 11.6 Å². The Balaban J connectivity index is 1.67. The van der Waals surface area contributed by atoms with Gasteiger partial charge in [0.25, 0.3) is 5.91 Å². The van der Waals surface area contributed by atoms with Crippen LogP contribution in [0.1, 0.15) is 30.1 Å². The highest BCUT2D eigenvalue weighted by Crippen LogP contribution is 2.21. The van der Waals surface area contributed by atoms with Gasteiger partial charge >= 0.3 is 11.6 Å². The summed E-state index contributed by atoms with van der Waals surface area (Å²) in [5.74, 6) is -0.490. The smallest absolute Gasteiger partial charge is 0.349 e. The molecule has 1 amide bonds. The highest BCUT2D eigenvalue weighted by atomic mass is 35.5. The van der Waals surface area contributed by atoms with Gasteiger partial charge in [-0.3, -0.25) is 4.79 Å². The molecule has 2 aromatic carbocycles. The first-order chi connectivity index (χ1) is 14.5. The maximum atomic E-state index is 12.2. The fourth-order valence-corrected chi connectivity index (χ4v) is 2.83. The Kier molecular flexibility index (Phi) is 7.08. The van der Waals surface area contributed by atoms with E-state index in [1.54, 1.807) is 36.4 Å². The van der Waals surface area contributed by atoms with Crippen LogP contribution in [0.2, 0.25) is 5.02 Å². The van der Waals surface area contributed by atoms with Crippen LogP contribution in [0.3, 0.4) is 0 Å². The first kappa shape index (κ1) is 21.4. The van der Waals surface area contributed by atoms with E-state index in [4.69, 9.17) is 25.5 Å². The molecular weight excluding hydrogens is 410 g/mol. The van der Waals surface area contributed by atoms with Gasteiger partial charge in [-0.2, -0.15) is 0 Å². The van der Waals surface area contributed by atoms with Crippen molar-refractivity contribution >= 4 is 34.4 Å². The molecule has 0 unspecified atom stereocenters. The molecule has 7 nitrogen and oxygen atoms in total. The van der Waals surface area contributed by atoms with E-state index < -0.39 is 17.5 Å². The van der Waals surface area contributed by atoms with E-state index in [1.807, 2.05) is 6.92 Å². The molecule has 0 fully saturated rings. The number of carbonyl (C=O) groups excluding carboxylic acids is 2. The predicted octanol–water partition coefficient (Wildman–Crippen LogP) is 3.96. The summed E-state index contributed by atoms with van der Waals surface area (Å²) >= 11 is 5.86. The lowest BCUT2D eigenvalue weighted by atomic mass is 10.1. The third-order valence-corrected chi connectivity index (χ3v) is 4.39. The van der Waals surface area contributed by atoms with Crippen molar-refractivity contribution < 1.29 is 23.5 Å². The molecule has 3 aromatic rings. The summed E-state index contributed by atoms with van der Waals surface area (Å²) in [5, 5.41) is 3.71. The van der Waals surface area contributed by atoms with Gasteiger partial charge in [-0.1, -0.05) is 31.0 Å². The molecule has 0 bridgehead atoms. The van der Waals surface area contributed by atoms with E-state index in [1.165, 1.54) is 12.1 Å². The summed E-state index contributed by atoms with van der Waals surface area (Å²) in [4.78, 5) is 36.3. The minimum atomic E-state index is -0.760. The number of rotatable bonds is 8. The monoisotopic (exact) mass is 429 g/mol. The van der Waals surface area contributed by atoms with E-state index >= 15 is 0 Å². The Hall–Kier alpha value is -3.32. The molecule has 8 heteroatoms. The molecule has 0 atom stereocenters. The van der Waals surface area contributed by atoms with E-state index in [0.29, 0.717) is 22.7 Å². The Labute approximate surface area is 177 Å². The number of benzene rings is 2. The average Bonchev–Trinajstić information content (AvgIpc) is 2.72. The lowest BCUT2D eigenvalue weighted by Gasteiger charge is -2.08. The third-order valence-electron chi connectivity index (χ3n) is 4.15. The number of ether oxygens (including phenoxy) is 2. The van der Waals surface area contributed by atoms with Crippen molar-refractivity contribution in [3.05, 3.63) is 69.5 Å². The van der Waals surface area contributed by atoms with E-state index in [-0.39, 0.29) is 23.5 Å². The van der Waals surface area contributed by atoms with Gasteiger partial charge in [-0.05, 0) is 42.8 Å². The average molecular weight is 430 g/mol. The molecule has 0 saturated carbocycles. The highest BCUT2D eigenvalue weighted by Gasteiger charge is 2.14. The van der Waals surface area contributed by atoms with Crippen LogP contribution < -0.4 is 20.4 Å².